The van der Waals surface area contributed by atoms with E-state index in [1.807, 2.05) is 16.6 Å². The van der Waals surface area contributed by atoms with Crippen LogP contribution in [-0.4, -0.2) is 39.0 Å². The molecular weight excluding hydrogens is 323 g/mol. The first-order valence-electron chi connectivity index (χ1n) is 6.77. The molecule has 2 aliphatic rings. The number of thiazole rings is 1. The number of nitrogens with two attached hydrogens (primary N) is 1. The minimum atomic E-state index is -0.435. The summed E-state index contributed by atoms with van der Waals surface area (Å²) in [5, 5.41) is 0.603. The van der Waals surface area contributed by atoms with Crippen LogP contribution in [0.15, 0.2) is 29.1 Å². The van der Waals surface area contributed by atoms with Crippen molar-refractivity contribution in [2.24, 2.45) is 16.6 Å². The van der Waals surface area contributed by atoms with Crippen LogP contribution in [0.25, 0.3) is 0 Å². The predicted octanol–water partition coefficient (Wildman–Crippen LogP) is 1.47. The van der Waals surface area contributed by atoms with Crippen molar-refractivity contribution in [3.05, 3.63) is 34.8 Å². The Balaban J connectivity index is 1.73. The average molecular weight is 336 g/mol. The minimum Gasteiger partial charge on any atom is -0.379 e. The van der Waals surface area contributed by atoms with Crippen LogP contribution in [0.2, 0.25) is 0 Å². The number of hydrogen-bond donors (Lipinski definition) is 1. The van der Waals surface area contributed by atoms with Gasteiger partial charge in [-0.3, -0.25) is 4.98 Å². The number of aromatic nitrogens is 3. The molecule has 2 unspecified atom stereocenters. The number of rotatable bonds is 2. The van der Waals surface area contributed by atoms with Crippen LogP contribution in [0.1, 0.15) is 4.88 Å². The van der Waals surface area contributed by atoms with Crippen molar-refractivity contribution in [3.63, 3.8) is 0 Å². The molecule has 22 heavy (non-hydrogen) atoms. The molecule has 1 saturated heterocycles. The highest BCUT2D eigenvalue weighted by Crippen LogP contribution is 2.47. The van der Waals surface area contributed by atoms with E-state index < -0.39 is 11.4 Å². The third-order valence-corrected chi connectivity index (χ3v) is 5.93. The summed E-state index contributed by atoms with van der Waals surface area (Å²) in [5.41, 5.74) is 7.40. The van der Waals surface area contributed by atoms with Gasteiger partial charge in [0.25, 0.3) is 0 Å². The van der Waals surface area contributed by atoms with E-state index in [-0.39, 0.29) is 0 Å². The lowest BCUT2D eigenvalue weighted by Gasteiger charge is -2.32. The molecule has 1 fully saturated rings. The largest absolute Gasteiger partial charge is 0.379 e. The second-order valence-electron chi connectivity index (χ2n) is 5.33. The normalized spacial score (nSPS) is 27.6. The molecule has 4 heterocycles. The fourth-order valence-electron chi connectivity index (χ4n) is 3.02. The zero-order valence-corrected chi connectivity index (χ0v) is 13.1. The van der Waals surface area contributed by atoms with Gasteiger partial charge in [-0.2, -0.15) is 0 Å². The summed E-state index contributed by atoms with van der Waals surface area (Å²) in [6.45, 7) is 1.40. The molecule has 4 rings (SSSR count). The molecule has 0 aromatic carbocycles. The highest BCUT2D eigenvalue weighted by atomic mass is 32.2. The topological polar surface area (TPSA) is 80.3 Å². The van der Waals surface area contributed by atoms with Gasteiger partial charge in [-0.1, -0.05) is 11.8 Å². The van der Waals surface area contributed by atoms with Crippen molar-refractivity contribution in [1.82, 2.24) is 15.0 Å². The minimum absolute atomic E-state index is 0.305. The van der Waals surface area contributed by atoms with Gasteiger partial charge in [0.05, 0.1) is 29.3 Å². The van der Waals surface area contributed by atoms with Gasteiger partial charge in [0, 0.05) is 24.4 Å². The zero-order valence-electron chi connectivity index (χ0n) is 11.5. The second kappa shape index (κ2) is 5.17. The maximum Gasteiger partial charge on any atom is 0.225 e. The Kier molecular flexibility index (Phi) is 3.26. The maximum atomic E-state index is 13.0. The Hall–Kier alpha value is -1.74. The number of thioether (sulfide) groups is 1. The summed E-state index contributed by atoms with van der Waals surface area (Å²) < 4.78 is 13.0. The summed E-state index contributed by atoms with van der Waals surface area (Å²) in [5.74, 6) is 1.29. The number of halogens is 1. The third-order valence-electron chi connectivity index (χ3n) is 4.04. The van der Waals surface area contributed by atoms with Gasteiger partial charge in [0.1, 0.15) is 5.54 Å². The monoisotopic (exact) mass is 336 g/mol. The Bertz CT molecular complexity index is 704. The summed E-state index contributed by atoms with van der Waals surface area (Å²) in [6.07, 6.45) is 4.24. The summed E-state index contributed by atoms with van der Waals surface area (Å²) in [6, 6.07) is 0. The summed E-state index contributed by atoms with van der Waals surface area (Å²) in [7, 11) is 0. The lowest BCUT2D eigenvalue weighted by atomic mass is 9.87. The average Bonchev–Trinajstić information content (AvgIpc) is 3.15. The Labute approximate surface area is 134 Å². The Morgan fingerprint density at radius 3 is 2.86 bits per heavy atom. The molecule has 9 heteroatoms. The molecule has 0 radical (unpaired) electrons. The lowest BCUT2D eigenvalue weighted by molar-refractivity contribution is 0.394. The van der Waals surface area contributed by atoms with Crippen molar-refractivity contribution in [2.45, 2.75) is 5.54 Å². The maximum absolute atomic E-state index is 13.0. The Morgan fingerprint density at radius 2 is 2.14 bits per heavy atom. The fourth-order valence-corrected chi connectivity index (χ4v) is 4.84. The first-order chi connectivity index (χ1) is 10.7. The molecule has 0 bridgehead atoms. The van der Waals surface area contributed by atoms with Gasteiger partial charge in [-0.15, -0.1) is 11.3 Å². The zero-order chi connectivity index (χ0) is 15.2. The SMILES string of the molecule is NC1=NC2(c3cncs3)CN(c3ncc(F)cn3)CC2CS1. The van der Waals surface area contributed by atoms with Crippen LogP contribution < -0.4 is 10.6 Å². The van der Waals surface area contributed by atoms with E-state index >= 15 is 0 Å². The number of nitrogens with zero attached hydrogens (tertiary/aromatic N) is 5. The first kappa shape index (κ1) is 13.9. The molecule has 2 aromatic rings. The first-order valence-corrected chi connectivity index (χ1v) is 8.63. The van der Waals surface area contributed by atoms with Gasteiger partial charge < -0.3 is 10.6 Å². The van der Waals surface area contributed by atoms with E-state index in [4.69, 9.17) is 10.7 Å². The van der Waals surface area contributed by atoms with Gasteiger partial charge in [-0.25, -0.2) is 19.4 Å². The van der Waals surface area contributed by atoms with Crippen molar-refractivity contribution in [3.8, 4) is 0 Å². The molecule has 6 nitrogen and oxygen atoms in total. The second-order valence-corrected chi connectivity index (χ2v) is 7.26. The predicted molar refractivity (Wildman–Crippen MR) is 85.6 cm³/mol. The van der Waals surface area contributed by atoms with E-state index in [9.17, 15) is 4.39 Å². The van der Waals surface area contributed by atoms with Crippen LogP contribution in [-0.2, 0) is 5.54 Å². The summed E-state index contributed by atoms with van der Waals surface area (Å²) >= 11 is 3.16. The Morgan fingerprint density at radius 1 is 1.32 bits per heavy atom. The standard InChI is InChI=1S/C13H13FN6S2/c14-9-1-17-12(18-2-9)20-4-8-5-21-11(15)19-13(8,6-20)10-3-16-7-22-10/h1-3,7-8H,4-6H2,(H2,15,19). The van der Waals surface area contributed by atoms with E-state index in [0.717, 1.165) is 17.2 Å². The number of fused-ring (bicyclic) bond motifs is 1. The van der Waals surface area contributed by atoms with Gasteiger partial charge in [-0.05, 0) is 0 Å². The molecule has 114 valence electrons. The number of anilines is 1. The van der Waals surface area contributed by atoms with Crippen LogP contribution in [0.5, 0.6) is 0 Å². The van der Waals surface area contributed by atoms with E-state index in [0.29, 0.717) is 23.6 Å². The molecule has 2 aliphatic heterocycles. The number of hydrogen-bond acceptors (Lipinski definition) is 8. The molecule has 0 saturated carbocycles. The van der Waals surface area contributed by atoms with E-state index in [1.165, 1.54) is 12.4 Å². The van der Waals surface area contributed by atoms with E-state index in [1.54, 1.807) is 23.1 Å². The number of amidine groups is 1. The third kappa shape index (κ3) is 2.15. The van der Waals surface area contributed by atoms with E-state index in [2.05, 4.69) is 15.0 Å². The summed E-state index contributed by atoms with van der Waals surface area (Å²) in [4.78, 5) is 20.3. The smallest absolute Gasteiger partial charge is 0.225 e. The van der Waals surface area contributed by atoms with Gasteiger partial charge in [0.15, 0.2) is 11.0 Å². The van der Waals surface area contributed by atoms with Crippen LogP contribution in [0.3, 0.4) is 0 Å². The molecule has 2 N–H and O–H groups in total. The molecule has 2 aromatic heterocycles. The van der Waals surface area contributed by atoms with Gasteiger partial charge in [0.2, 0.25) is 5.95 Å². The molecule has 0 aliphatic carbocycles. The van der Waals surface area contributed by atoms with Crippen molar-refractivity contribution < 1.29 is 4.39 Å². The fraction of sp³-hybridized carbons (Fsp3) is 0.385. The molecular formula is C13H13FN6S2. The van der Waals surface area contributed by atoms with Crippen molar-refractivity contribution in [1.29, 1.82) is 0 Å². The van der Waals surface area contributed by atoms with Crippen LogP contribution >= 0.6 is 23.1 Å². The van der Waals surface area contributed by atoms with Crippen LogP contribution in [0.4, 0.5) is 10.3 Å². The van der Waals surface area contributed by atoms with Crippen molar-refractivity contribution in [2.75, 3.05) is 23.7 Å². The quantitative estimate of drug-likeness (QED) is 0.894. The lowest BCUT2D eigenvalue weighted by Crippen LogP contribution is -2.39. The van der Waals surface area contributed by atoms with Crippen molar-refractivity contribution >= 4 is 34.2 Å². The highest BCUT2D eigenvalue weighted by molar-refractivity contribution is 8.13. The molecule has 0 spiro atoms. The van der Waals surface area contributed by atoms with Crippen LogP contribution in [0, 0.1) is 11.7 Å². The molecule has 2 atom stereocenters. The number of aliphatic imine (C=N–C) groups is 1. The molecule has 0 amide bonds. The highest BCUT2D eigenvalue weighted by Gasteiger charge is 2.51. The van der Waals surface area contributed by atoms with Gasteiger partial charge >= 0.3 is 0 Å².